The van der Waals surface area contributed by atoms with Gasteiger partial charge in [-0.25, -0.2) is 0 Å². The number of nitrogens with one attached hydrogen (secondary N) is 1. The fraction of sp³-hybridized carbons (Fsp3) is 0.381. The molecule has 1 saturated heterocycles. The van der Waals surface area contributed by atoms with E-state index in [0.717, 1.165) is 36.5 Å². The van der Waals surface area contributed by atoms with Gasteiger partial charge in [0.1, 0.15) is 19.0 Å². The Balaban J connectivity index is 1.52. The zero-order chi connectivity index (χ0) is 18.2. The number of anilines is 1. The number of nitrogens with zero attached hydrogens (tertiary/aromatic N) is 1. The van der Waals surface area contributed by atoms with Crippen LogP contribution in [0.15, 0.2) is 54.6 Å². The van der Waals surface area contributed by atoms with Crippen LogP contribution in [-0.2, 0) is 16.1 Å². The normalized spacial score (nSPS) is 16.5. The van der Waals surface area contributed by atoms with Crippen molar-refractivity contribution in [3.05, 3.63) is 60.2 Å². The van der Waals surface area contributed by atoms with Crippen LogP contribution in [0.3, 0.4) is 0 Å². The van der Waals surface area contributed by atoms with Crippen LogP contribution in [0.4, 0.5) is 5.69 Å². The lowest BCUT2D eigenvalue weighted by atomic mass is 10.2. The van der Waals surface area contributed by atoms with Gasteiger partial charge in [-0.1, -0.05) is 36.4 Å². The van der Waals surface area contributed by atoms with Crippen LogP contribution < -0.4 is 15.0 Å². The van der Waals surface area contributed by atoms with Gasteiger partial charge in [0.25, 0.3) is 0 Å². The van der Waals surface area contributed by atoms with E-state index in [0.29, 0.717) is 13.2 Å². The first-order valence-corrected chi connectivity index (χ1v) is 9.13. The zero-order valence-electron chi connectivity index (χ0n) is 15.2. The fourth-order valence-electron chi connectivity index (χ4n) is 3.09. The summed E-state index contributed by atoms with van der Waals surface area (Å²) in [5, 5.41) is 3.04. The van der Waals surface area contributed by atoms with Crippen LogP contribution in [0.1, 0.15) is 18.9 Å². The highest BCUT2D eigenvalue weighted by Gasteiger charge is 2.24. The van der Waals surface area contributed by atoms with Crippen LogP contribution in [0, 0.1) is 0 Å². The standard InChI is InChI=1S/C21H26N2O3/c1-2-25-16-21(24)22-18-11-12-23(14-18)19-9-6-10-20(13-19)26-15-17-7-4-3-5-8-17/h3-10,13,18H,2,11-12,14-16H2,1H3,(H,22,24)/t18-/m0/s1. The van der Waals surface area contributed by atoms with Gasteiger partial charge < -0.3 is 19.7 Å². The minimum atomic E-state index is -0.0429. The van der Waals surface area contributed by atoms with Gasteiger partial charge in [0.2, 0.25) is 5.91 Å². The molecule has 1 N–H and O–H groups in total. The van der Waals surface area contributed by atoms with Crippen molar-refractivity contribution in [1.82, 2.24) is 5.32 Å². The van der Waals surface area contributed by atoms with Crippen LogP contribution in [0.25, 0.3) is 0 Å². The summed E-state index contributed by atoms with van der Waals surface area (Å²) in [6.07, 6.45) is 0.937. The van der Waals surface area contributed by atoms with Gasteiger partial charge in [-0.3, -0.25) is 4.79 Å². The number of benzene rings is 2. The summed E-state index contributed by atoms with van der Waals surface area (Å²) >= 11 is 0. The van der Waals surface area contributed by atoms with E-state index in [9.17, 15) is 4.79 Å². The van der Waals surface area contributed by atoms with Crippen molar-refractivity contribution in [2.24, 2.45) is 0 Å². The van der Waals surface area contributed by atoms with Crippen molar-refractivity contribution >= 4 is 11.6 Å². The molecule has 1 atom stereocenters. The molecule has 1 fully saturated rings. The lowest BCUT2D eigenvalue weighted by molar-refractivity contribution is -0.126. The number of ether oxygens (including phenoxy) is 2. The Morgan fingerprint density at radius 2 is 2.04 bits per heavy atom. The fourth-order valence-corrected chi connectivity index (χ4v) is 3.09. The summed E-state index contributed by atoms with van der Waals surface area (Å²) in [5.41, 5.74) is 2.27. The largest absolute Gasteiger partial charge is 0.489 e. The van der Waals surface area contributed by atoms with Crippen molar-refractivity contribution < 1.29 is 14.3 Å². The van der Waals surface area contributed by atoms with Crippen molar-refractivity contribution in [1.29, 1.82) is 0 Å². The monoisotopic (exact) mass is 354 g/mol. The predicted octanol–water partition coefficient (Wildman–Crippen LogP) is 3.00. The predicted molar refractivity (Wildman–Crippen MR) is 102 cm³/mol. The Kier molecular flexibility index (Phi) is 6.50. The second kappa shape index (κ2) is 9.25. The molecular formula is C21H26N2O3. The maximum absolute atomic E-state index is 11.8. The summed E-state index contributed by atoms with van der Waals surface area (Å²) in [6.45, 7) is 4.86. The van der Waals surface area contributed by atoms with E-state index in [1.54, 1.807) is 0 Å². The van der Waals surface area contributed by atoms with Gasteiger partial charge in [0.15, 0.2) is 0 Å². The van der Waals surface area contributed by atoms with Crippen LogP contribution in [-0.4, -0.2) is 38.3 Å². The highest BCUT2D eigenvalue weighted by molar-refractivity contribution is 5.77. The van der Waals surface area contributed by atoms with Gasteiger partial charge >= 0.3 is 0 Å². The second-order valence-electron chi connectivity index (χ2n) is 6.41. The van der Waals surface area contributed by atoms with Crippen LogP contribution in [0.5, 0.6) is 5.75 Å². The van der Waals surface area contributed by atoms with E-state index >= 15 is 0 Å². The Morgan fingerprint density at radius 3 is 2.85 bits per heavy atom. The number of hydrogen-bond donors (Lipinski definition) is 1. The van der Waals surface area contributed by atoms with Crippen molar-refractivity contribution in [2.45, 2.75) is 26.0 Å². The molecule has 1 aliphatic rings. The van der Waals surface area contributed by atoms with Crippen LogP contribution >= 0.6 is 0 Å². The summed E-state index contributed by atoms with van der Waals surface area (Å²) in [6, 6.07) is 18.4. The van der Waals surface area contributed by atoms with Gasteiger partial charge in [0.05, 0.1) is 0 Å². The number of rotatable bonds is 8. The average molecular weight is 354 g/mol. The second-order valence-corrected chi connectivity index (χ2v) is 6.41. The van der Waals surface area contributed by atoms with E-state index in [2.05, 4.69) is 34.5 Å². The summed E-state index contributed by atoms with van der Waals surface area (Å²) in [5.74, 6) is 0.814. The Morgan fingerprint density at radius 1 is 1.19 bits per heavy atom. The Bertz CT molecular complexity index is 705. The smallest absolute Gasteiger partial charge is 0.246 e. The minimum absolute atomic E-state index is 0.0429. The molecule has 1 aliphatic heterocycles. The molecule has 0 spiro atoms. The molecule has 0 radical (unpaired) electrons. The number of carbonyl (C=O) groups excluding carboxylic acids is 1. The van der Waals surface area contributed by atoms with E-state index in [1.165, 1.54) is 0 Å². The molecule has 0 unspecified atom stereocenters. The van der Waals surface area contributed by atoms with E-state index in [4.69, 9.17) is 9.47 Å². The molecule has 5 nitrogen and oxygen atoms in total. The molecule has 0 aliphatic carbocycles. The third-order valence-electron chi connectivity index (χ3n) is 4.42. The minimum Gasteiger partial charge on any atom is -0.489 e. The third kappa shape index (κ3) is 5.23. The average Bonchev–Trinajstić information content (AvgIpc) is 3.14. The Hall–Kier alpha value is -2.53. The summed E-state index contributed by atoms with van der Waals surface area (Å²) in [7, 11) is 0. The van der Waals surface area contributed by atoms with Gasteiger partial charge in [0, 0.05) is 37.5 Å². The molecule has 1 amide bonds. The van der Waals surface area contributed by atoms with E-state index in [-0.39, 0.29) is 18.6 Å². The number of carbonyl (C=O) groups is 1. The molecule has 26 heavy (non-hydrogen) atoms. The molecule has 5 heteroatoms. The molecular weight excluding hydrogens is 328 g/mol. The molecule has 2 aromatic carbocycles. The van der Waals surface area contributed by atoms with E-state index in [1.807, 2.05) is 37.3 Å². The Labute approximate surface area is 154 Å². The maximum Gasteiger partial charge on any atom is 0.246 e. The lowest BCUT2D eigenvalue weighted by Crippen LogP contribution is -2.39. The molecule has 0 aromatic heterocycles. The SMILES string of the molecule is CCOCC(=O)N[C@H]1CCN(c2cccc(OCc3ccccc3)c2)C1. The first kappa shape index (κ1) is 18.3. The van der Waals surface area contributed by atoms with Gasteiger partial charge in [-0.2, -0.15) is 0 Å². The van der Waals surface area contributed by atoms with Crippen LogP contribution in [0.2, 0.25) is 0 Å². The summed E-state index contributed by atoms with van der Waals surface area (Å²) < 4.78 is 11.1. The van der Waals surface area contributed by atoms with E-state index < -0.39 is 0 Å². The van der Waals surface area contributed by atoms with Gasteiger partial charge in [-0.15, -0.1) is 0 Å². The first-order valence-electron chi connectivity index (χ1n) is 9.13. The highest BCUT2D eigenvalue weighted by atomic mass is 16.5. The molecule has 2 aromatic rings. The molecule has 1 heterocycles. The molecule has 0 saturated carbocycles. The van der Waals surface area contributed by atoms with Crippen molar-refractivity contribution in [2.75, 3.05) is 31.2 Å². The molecule has 0 bridgehead atoms. The van der Waals surface area contributed by atoms with Crippen molar-refractivity contribution in [3.63, 3.8) is 0 Å². The maximum atomic E-state index is 11.8. The van der Waals surface area contributed by atoms with Gasteiger partial charge in [-0.05, 0) is 31.0 Å². The highest BCUT2D eigenvalue weighted by Crippen LogP contribution is 2.25. The molecule has 138 valence electrons. The van der Waals surface area contributed by atoms with Crippen molar-refractivity contribution in [3.8, 4) is 5.75 Å². The third-order valence-corrected chi connectivity index (χ3v) is 4.42. The first-order chi connectivity index (χ1) is 12.7. The number of amides is 1. The lowest BCUT2D eigenvalue weighted by Gasteiger charge is -2.20. The zero-order valence-corrected chi connectivity index (χ0v) is 15.2. The quantitative estimate of drug-likeness (QED) is 0.792. The molecule has 3 rings (SSSR count). The summed E-state index contributed by atoms with van der Waals surface area (Å²) in [4.78, 5) is 14.1. The number of hydrogen-bond acceptors (Lipinski definition) is 4. The topological polar surface area (TPSA) is 50.8 Å².